The number of amides is 1. The zero-order valence-corrected chi connectivity index (χ0v) is 18.8. The molecule has 8 heteroatoms. The number of aromatic nitrogens is 3. The minimum absolute atomic E-state index is 0.00328. The monoisotopic (exact) mass is 436 g/mol. The number of hydrogen-bond donors (Lipinski definition) is 1. The third-order valence-corrected chi connectivity index (χ3v) is 7.01. The van der Waals surface area contributed by atoms with Gasteiger partial charge in [-0.1, -0.05) is 12.1 Å². The van der Waals surface area contributed by atoms with Crippen molar-refractivity contribution in [3.8, 4) is 0 Å². The summed E-state index contributed by atoms with van der Waals surface area (Å²) in [4.78, 5) is 22.2. The topological polar surface area (TPSA) is 79.8 Å². The quantitative estimate of drug-likeness (QED) is 0.665. The van der Waals surface area contributed by atoms with Gasteiger partial charge in [0, 0.05) is 44.0 Å². The van der Waals surface area contributed by atoms with Gasteiger partial charge < -0.3 is 15.5 Å². The van der Waals surface area contributed by atoms with Crippen LogP contribution in [0, 0.1) is 12.7 Å². The Balaban J connectivity index is 1.40. The van der Waals surface area contributed by atoms with Crippen LogP contribution in [0.2, 0.25) is 0 Å². The van der Waals surface area contributed by atoms with Crippen molar-refractivity contribution in [1.82, 2.24) is 19.5 Å². The molecule has 2 aromatic heterocycles. The maximum atomic E-state index is 13.8. The third kappa shape index (κ3) is 3.43. The number of rotatable bonds is 5. The molecule has 1 amide bonds. The second-order valence-electron chi connectivity index (χ2n) is 9.30. The van der Waals surface area contributed by atoms with Crippen LogP contribution >= 0.6 is 0 Å². The van der Waals surface area contributed by atoms with E-state index in [4.69, 9.17) is 15.8 Å². The van der Waals surface area contributed by atoms with Crippen LogP contribution in [0.4, 0.5) is 10.2 Å². The lowest BCUT2D eigenvalue weighted by atomic mass is 9.93. The van der Waals surface area contributed by atoms with Gasteiger partial charge in [-0.2, -0.15) is 5.10 Å². The Hall–Kier alpha value is -3.00. The molecule has 2 fully saturated rings. The van der Waals surface area contributed by atoms with Crippen molar-refractivity contribution in [2.45, 2.75) is 50.6 Å². The maximum absolute atomic E-state index is 13.8. The average Bonchev–Trinajstić information content (AvgIpc) is 3.31. The first-order chi connectivity index (χ1) is 15.3. The molecular formula is C24H29FN6O. The van der Waals surface area contributed by atoms with Gasteiger partial charge in [-0.25, -0.2) is 13.9 Å². The molecule has 5 rings (SSSR count). The van der Waals surface area contributed by atoms with E-state index in [1.807, 2.05) is 32.2 Å². The van der Waals surface area contributed by atoms with E-state index in [9.17, 15) is 9.18 Å². The van der Waals surface area contributed by atoms with E-state index in [1.54, 1.807) is 22.5 Å². The largest absolute Gasteiger partial charge is 0.355 e. The van der Waals surface area contributed by atoms with Crippen molar-refractivity contribution in [1.29, 1.82) is 0 Å². The number of nitrogens with two attached hydrogens (primary N) is 1. The van der Waals surface area contributed by atoms with Crippen molar-refractivity contribution in [3.63, 3.8) is 0 Å². The molecule has 32 heavy (non-hydrogen) atoms. The van der Waals surface area contributed by atoms with E-state index in [2.05, 4.69) is 4.90 Å². The van der Waals surface area contributed by atoms with E-state index in [-0.39, 0.29) is 23.8 Å². The number of aryl methyl sites for hydroxylation is 1. The fourth-order valence-corrected chi connectivity index (χ4v) is 4.77. The van der Waals surface area contributed by atoms with Crippen LogP contribution in [0.25, 0.3) is 5.65 Å². The molecule has 0 unspecified atom stereocenters. The molecular weight excluding hydrogens is 407 g/mol. The Morgan fingerprint density at radius 2 is 2.12 bits per heavy atom. The summed E-state index contributed by atoms with van der Waals surface area (Å²) in [6.07, 6.45) is 4.42. The van der Waals surface area contributed by atoms with E-state index in [1.165, 1.54) is 12.1 Å². The number of fused-ring (bicyclic) bond motifs is 1. The first kappa shape index (κ1) is 20.9. The van der Waals surface area contributed by atoms with E-state index in [0.717, 1.165) is 60.6 Å². The van der Waals surface area contributed by atoms with Gasteiger partial charge in [0.05, 0.1) is 17.2 Å². The number of nitrogens with zero attached hydrogens (tertiary/aromatic N) is 5. The zero-order valence-electron chi connectivity index (χ0n) is 18.8. The highest BCUT2D eigenvalue weighted by molar-refractivity contribution is 5.91. The fraction of sp³-hybridized carbons (Fsp3) is 0.458. The lowest BCUT2D eigenvalue weighted by molar-refractivity contribution is -0.134. The van der Waals surface area contributed by atoms with Crippen LogP contribution in [-0.4, -0.2) is 51.6 Å². The second kappa shape index (κ2) is 7.55. The third-order valence-electron chi connectivity index (χ3n) is 7.01. The smallest absolute Gasteiger partial charge is 0.233 e. The van der Waals surface area contributed by atoms with E-state index < -0.39 is 5.41 Å². The van der Waals surface area contributed by atoms with E-state index in [0.29, 0.717) is 0 Å². The lowest BCUT2D eigenvalue weighted by Gasteiger charge is -2.28. The predicted molar refractivity (Wildman–Crippen MR) is 121 cm³/mol. The van der Waals surface area contributed by atoms with Gasteiger partial charge in [0.1, 0.15) is 11.6 Å². The van der Waals surface area contributed by atoms with Crippen LogP contribution in [0.1, 0.15) is 49.0 Å². The minimum atomic E-state index is -0.624. The Kier molecular flexibility index (Phi) is 4.93. The molecule has 1 aliphatic heterocycles. The van der Waals surface area contributed by atoms with Crippen molar-refractivity contribution < 1.29 is 9.18 Å². The Labute approximate surface area is 187 Å². The van der Waals surface area contributed by atoms with Gasteiger partial charge in [-0.05, 0) is 50.8 Å². The molecule has 0 radical (unpaired) electrons. The highest BCUT2D eigenvalue weighted by Gasteiger charge is 2.53. The molecule has 2 aliphatic rings. The Bertz CT molecular complexity index is 1190. The molecule has 0 spiro atoms. The summed E-state index contributed by atoms with van der Waals surface area (Å²) in [6.45, 7) is 5.71. The highest BCUT2D eigenvalue weighted by Crippen LogP contribution is 2.50. The van der Waals surface area contributed by atoms with Crippen molar-refractivity contribution in [2.75, 3.05) is 25.0 Å². The second-order valence-corrected chi connectivity index (χ2v) is 9.30. The molecule has 168 valence electrons. The summed E-state index contributed by atoms with van der Waals surface area (Å²) in [7, 11) is 1.80. The average molecular weight is 437 g/mol. The number of benzene rings is 1. The molecule has 1 aromatic carbocycles. The van der Waals surface area contributed by atoms with Crippen LogP contribution in [0.5, 0.6) is 0 Å². The number of carbonyl (C=O) groups is 1. The number of carbonyl (C=O) groups excluding carboxylic acids is 1. The molecule has 0 bridgehead atoms. The first-order valence-electron chi connectivity index (χ1n) is 11.2. The van der Waals surface area contributed by atoms with Crippen LogP contribution in [0.15, 0.2) is 36.5 Å². The normalized spacial score (nSPS) is 20.5. The number of hydrogen-bond acceptors (Lipinski definition) is 5. The van der Waals surface area contributed by atoms with Crippen LogP contribution in [-0.2, 0) is 10.2 Å². The van der Waals surface area contributed by atoms with Gasteiger partial charge in [0.2, 0.25) is 5.91 Å². The molecule has 1 saturated carbocycles. The van der Waals surface area contributed by atoms with Crippen molar-refractivity contribution in [3.05, 3.63) is 59.2 Å². The first-order valence-corrected chi connectivity index (χ1v) is 11.2. The standard InChI is InChI=1S/C24H29FN6O/c1-15-13-31-21(27-22(15)30-10-7-19(26)14-30)12-20(28-31)16(2)29(3)23(32)24(8-9-24)17-5-4-6-18(25)11-17/h4-6,11-13,16,19H,7-10,14,26H2,1-3H3/t16-,19-/m0/s1. The summed E-state index contributed by atoms with van der Waals surface area (Å²) < 4.78 is 15.6. The Morgan fingerprint density at radius 1 is 1.34 bits per heavy atom. The van der Waals surface area contributed by atoms with Gasteiger partial charge in [0.15, 0.2) is 5.65 Å². The van der Waals surface area contributed by atoms with Gasteiger partial charge in [-0.15, -0.1) is 0 Å². The SMILES string of the molecule is Cc1cn2nc([C@H](C)N(C)C(=O)C3(c4cccc(F)c4)CC3)cc2nc1N1CC[C@H](N)C1. The number of anilines is 1. The highest BCUT2D eigenvalue weighted by atomic mass is 19.1. The summed E-state index contributed by atoms with van der Waals surface area (Å²) in [5, 5.41) is 4.71. The van der Waals surface area contributed by atoms with Gasteiger partial charge in [0.25, 0.3) is 0 Å². The van der Waals surface area contributed by atoms with Crippen LogP contribution < -0.4 is 10.6 Å². The lowest BCUT2D eigenvalue weighted by Crippen LogP contribution is -2.38. The molecule has 7 nitrogen and oxygen atoms in total. The summed E-state index contributed by atoms with van der Waals surface area (Å²) in [6, 6.07) is 8.28. The molecule has 3 aromatic rings. The number of halogens is 1. The molecule has 2 N–H and O–H groups in total. The van der Waals surface area contributed by atoms with Gasteiger partial charge in [-0.3, -0.25) is 4.79 Å². The summed E-state index contributed by atoms with van der Waals surface area (Å²) >= 11 is 0. The predicted octanol–water partition coefficient (Wildman–Crippen LogP) is 2.97. The zero-order chi connectivity index (χ0) is 22.6. The molecule has 2 atom stereocenters. The molecule has 1 saturated heterocycles. The Morgan fingerprint density at radius 3 is 2.78 bits per heavy atom. The summed E-state index contributed by atoms with van der Waals surface area (Å²) in [5.41, 5.74) is 8.77. The van der Waals surface area contributed by atoms with Crippen molar-refractivity contribution >= 4 is 17.4 Å². The molecule has 3 heterocycles. The maximum Gasteiger partial charge on any atom is 0.233 e. The number of likely N-dealkylation sites (N-methyl/N-ethyl adjacent to an activating group) is 1. The summed E-state index contributed by atoms with van der Waals surface area (Å²) in [5.74, 6) is 0.634. The van der Waals surface area contributed by atoms with Crippen LogP contribution in [0.3, 0.4) is 0 Å². The minimum Gasteiger partial charge on any atom is -0.355 e. The fourth-order valence-electron chi connectivity index (χ4n) is 4.77. The van der Waals surface area contributed by atoms with Gasteiger partial charge >= 0.3 is 0 Å². The van der Waals surface area contributed by atoms with Crippen molar-refractivity contribution in [2.24, 2.45) is 5.73 Å². The van der Waals surface area contributed by atoms with E-state index >= 15 is 0 Å². The molecule has 1 aliphatic carbocycles.